The SMILES string of the molecule is CCc1ccc(OCc2c(C(=O)N3CCN(Cc4cn(C)nc4C)CC3)noc2C)cc1. The first-order valence-corrected chi connectivity index (χ1v) is 11.1. The second-order valence-corrected chi connectivity index (χ2v) is 8.33. The lowest BCUT2D eigenvalue weighted by Gasteiger charge is -2.34. The third kappa shape index (κ3) is 4.85. The van der Waals surface area contributed by atoms with E-state index in [1.54, 1.807) is 0 Å². The van der Waals surface area contributed by atoms with Gasteiger partial charge in [0.05, 0.1) is 11.3 Å². The number of aromatic nitrogens is 3. The fraction of sp³-hybridized carbons (Fsp3) is 0.458. The molecule has 4 rings (SSSR count). The van der Waals surface area contributed by atoms with E-state index in [2.05, 4.69) is 28.3 Å². The van der Waals surface area contributed by atoms with Gasteiger partial charge in [-0.3, -0.25) is 14.4 Å². The minimum absolute atomic E-state index is 0.0982. The predicted molar refractivity (Wildman–Crippen MR) is 121 cm³/mol. The van der Waals surface area contributed by atoms with E-state index in [4.69, 9.17) is 9.26 Å². The van der Waals surface area contributed by atoms with Crippen LogP contribution in [0.2, 0.25) is 0 Å². The third-order valence-corrected chi connectivity index (χ3v) is 6.07. The molecule has 0 N–H and O–H groups in total. The monoisotopic (exact) mass is 437 g/mol. The van der Waals surface area contributed by atoms with Crippen LogP contribution in [0.5, 0.6) is 5.75 Å². The van der Waals surface area contributed by atoms with E-state index in [0.29, 0.717) is 30.1 Å². The third-order valence-electron chi connectivity index (χ3n) is 6.07. The molecule has 1 amide bonds. The summed E-state index contributed by atoms with van der Waals surface area (Å²) < 4.78 is 13.1. The Labute approximate surface area is 188 Å². The van der Waals surface area contributed by atoms with Crippen LogP contribution in [0, 0.1) is 13.8 Å². The second-order valence-electron chi connectivity index (χ2n) is 8.33. The van der Waals surface area contributed by atoms with Crippen LogP contribution in [-0.4, -0.2) is 56.8 Å². The van der Waals surface area contributed by atoms with Crippen LogP contribution in [0.15, 0.2) is 35.0 Å². The van der Waals surface area contributed by atoms with E-state index in [1.165, 1.54) is 11.1 Å². The van der Waals surface area contributed by atoms with E-state index >= 15 is 0 Å². The molecule has 3 heterocycles. The Morgan fingerprint density at radius 1 is 1.12 bits per heavy atom. The van der Waals surface area contributed by atoms with Crippen LogP contribution in [0.4, 0.5) is 0 Å². The number of hydrogen-bond acceptors (Lipinski definition) is 6. The molecule has 0 spiro atoms. The zero-order chi connectivity index (χ0) is 22.7. The van der Waals surface area contributed by atoms with Crippen LogP contribution in [0.1, 0.15) is 45.6 Å². The van der Waals surface area contributed by atoms with Crippen molar-refractivity contribution in [1.29, 1.82) is 0 Å². The number of nitrogens with zero attached hydrogens (tertiary/aromatic N) is 5. The van der Waals surface area contributed by atoms with Gasteiger partial charge in [0.1, 0.15) is 18.1 Å². The number of carbonyl (C=O) groups excluding carboxylic acids is 1. The molecule has 0 saturated carbocycles. The molecule has 32 heavy (non-hydrogen) atoms. The quantitative estimate of drug-likeness (QED) is 0.565. The molecular formula is C24H31N5O3. The van der Waals surface area contributed by atoms with Gasteiger partial charge < -0.3 is 14.2 Å². The summed E-state index contributed by atoms with van der Waals surface area (Å²) in [6.07, 6.45) is 3.05. The number of aryl methyl sites for hydroxylation is 4. The van der Waals surface area contributed by atoms with Crippen molar-refractivity contribution in [2.45, 2.75) is 40.3 Å². The van der Waals surface area contributed by atoms with Gasteiger partial charge in [0.25, 0.3) is 5.91 Å². The molecule has 1 aliphatic heterocycles. The van der Waals surface area contributed by atoms with Gasteiger partial charge in [0.2, 0.25) is 0 Å². The maximum absolute atomic E-state index is 13.2. The molecule has 0 unspecified atom stereocenters. The minimum atomic E-state index is -0.0982. The van der Waals surface area contributed by atoms with Gasteiger partial charge in [-0.2, -0.15) is 5.10 Å². The summed E-state index contributed by atoms with van der Waals surface area (Å²) >= 11 is 0. The average Bonchev–Trinajstić information content (AvgIpc) is 3.33. The molecule has 0 bridgehead atoms. The maximum Gasteiger partial charge on any atom is 0.276 e. The van der Waals surface area contributed by atoms with Gasteiger partial charge in [-0.05, 0) is 38.0 Å². The van der Waals surface area contributed by atoms with Crippen LogP contribution in [-0.2, 0) is 26.6 Å². The van der Waals surface area contributed by atoms with Gasteiger partial charge in [-0.25, -0.2) is 0 Å². The molecule has 2 aromatic heterocycles. The highest BCUT2D eigenvalue weighted by molar-refractivity contribution is 5.93. The van der Waals surface area contributed by atoms with Crippen molar-refractivity contribution in [3.63, 3.8) is 0 Å². The molecule has 8 heteroatoms. The van der Waals surface area contributed by atoms with Crippen LogP contribution >= 0.6 is 0 Å². The lowest BCUT2D eigenvalue weighted by molar-refractivity contribution is 0.0616. The van der Waals surface area contributed by atoms with E-state index in [0.717, 1.165) is 37.5 Å². The maximum atomic E-state index is 13.2. The van der Waals surface area contributed by atoms with Crippen molar-refractivity contribution in [3.05, 3.63) is 64.3 Å². The number of hydrogen-bond donors (Lipinski definition) is 0. The van der Waals surface area contributed by atoms with Crippen LogP contribution in [0.3, 0.4) is 0 Å². The zero-order valence-electron chi connectivity index (χ0n) is 19.3. The van der Waals surface area contributed by atoms with E-state index < -0.39 is 0 Å². The predicted octanol–water partition coefficient (Wildman–Crippen LogP) is 3.12. The molecule has 170 valence electrons. The first kappa shape index (κ1) is 22.1. The Kier molecular flexibility index (Phi) is 6.60. The van der Waals surface area contributed by atoms with Gasteiger partial charge in [0.15, 0.2) is 5.69 Å². The molecule has 0 atom stereocenters. The molecule has 1 aliphatic rings. The second kappa shape index (κ2) is 9.56. The van der Waals surface area contributed by atoms with E-state index in [9.17, 15) is 4.79 Å². The Balaban J connectivity index is 1.36. The van der Waals surface area contributed by atoms with Crippen LogP contribution < -0.4 is 4.74 Å². The van der Waals surface area contributed by atoms with Crippen molar-refractivity contribution in [1.82, 2.24) is 24.7 Å². The Bertz CT molecular complexity index is 1060. The number of amides is 1. The van der Waals surface area contributed by atoms with Gasteiger partial charge in [-0.15, -0.1) is 0 Å². The lowest BCUT2D eigenvalue weighted by Crippen LogP contribution is -2.48. The molecule has 0 aliphatic carbocycles. The molecule has 1 aromatic carbocycles. The fourth-order valence-corrected chi connectivity index (χ4v) is 4.01. The number of ether oxygens (including phenoxy) is 1. The Hall–Kier alpha value is -3.13. The molecule has 0 radical (unpaired) electrons. The van der Waals surface area contributed by atoms with Gasteiger partial charge in [-0.1, -0.05) is 24.2 Å². The number of benzene rings is 1. The molecule has 1 saturated heterocycles. The summed E-state index contributed by atoms with van der Waals surface area (Å²) in [7, 11) is 1.94. The molecular weight excluding hydrogens is 406 g/mol. The topological polar surface area (TPSA) is 76.6 Å². The normalized spacial score (nSPS) is 14.7. The largest absolute Gasteiger partial charge is 0.489 e. The summed E-state index contributed by atoms with van der Waals surface area (Å²) in [5.41, 5.74) is 4.60. The number of rotatable bonds is 7. The van der Waals surface area contributed by atoms with Crippen molar-refractivity contribution >= 4 is 5.91 Å². The van der Waals surface area contributed by atoms with Crippen molar-refractivity contribution in [2.75, 3.05) is 26.2 Å². The molecule has 1 fully saturated rings. The summed E-state index contributed by atoms with van der Waals surface area (Å²) in [6.45, 7) is 10.0. The summed E-state index contributed by atoms with van der Waals surface area (Å²) in [5.74, 6) is 1.28. The highest BCUT2D eigenvalue weighted by Gasteiger charge is 2.28. The van der Waals surface area contributed by atoms with Gasteiger partial charge >= 0.3 is 0 Å². The van der Waals surface area contributed by atoms with Crippen molar-refractivity contribution in [2.24, 2.45) is 7.05 Å². The van der Waals surface area contributed by atoms with Crippen LogP contribution in [0.25, 0.3) is 0 Å². The highest BCUT2D eigenvalue weighted by atomic mass is 16.5. The lowest BCUT2D eigenvalue weighted by atomic mass is 10.1. The smallest absolute Gasteiger partial charge is 0.276 e. The standard InChI is InChI=1S/C24H31N5O3/c1-5-19-6-8-21(9-7-19)31-16-22-18(3)32-26-23(22)24(30)29-12-10-28(11-13-29)15-20-14-27(4)25-17(20)2/h6-9,14H,5,10-13,15-16H2,1-4H3. The Morgan fingerprint density at radius 3 is 2.47 bits per heavy atom. The average molecular weight is 438 g/mol. The fourth-order valence-electron chi connectivity index (χ4n) is 4.01. The highest BCUT2D eigenvalue weighted by Crippen LogP contribution is 2.21. The summed E-state index contributed by atoms with van der Waals surface area (Å²) in [5, 5.41) is 8.48. The number of carbonyl (C=O) groups is 1. The van der Waals surface area contributed by atoms with E-state index in [1.807, 2.05) is 54.7 Å². The first-order valence-electron chi connectivity index (χ1n) is 11.1. The molecule has 3 aromatic rings. The molecule has 8 nitrogen and oxygen atoms in total. The first-order chi connectivity index (χ1) is 15.4. The van der Waals surface area contributed by atoms with Crippen molar-refractivity contribution < 1.29 is 14.1 Å². The zero-order valence-corrected chi connectivity index (χ0v) is 19.3. The summed E-state index contributed by atoms with van der Waals surface area (Å²) in [6, 6.07) is 8.00. The van der Waals surface area contributed by atoms with Gasteiger partial charge in [0, 0.05) is 51.5 Å². The minimum Gasteiger partial charge on any atom is -0.489 e. The summed E-state index contributed by atoms with van der Waals surface area (Å²) in [4.78, 5) is 17.4. The Morgan fingerprint density at radius 2 is 1.84 bits per heavy atom. The van der Waals surface area contributed by atoms with Crippen molar-refractivity contribution in [3.8, 4) is 5.75 Å². The van der Waals surface area contributed by atoms with E-state index in [-0.39, 0.29) is 12.5 Å². The number of piperazine rings is 1.